The third kappa shape index (κ3) is 3.21. The van der Waals surface area contributed by atoms with E-state index in [-0.39, 0.29) is 0 Å². The van der Waals surface area contributed by atoms with Crippen LogP contribution in [0.5, 0.6) is 0 Å². The van der Waals surface area contributed by atoms with E-state index < -0.39 is 0 Å². The highest BCUT2D eigenvalue weighted by Crippen LogP contribution is 2.36. The van der Waals surface area contributed by atoms with E-state index in [0.29, 0.717) is 11.6 Å². The lowest BCUT2D eigenvalue weighted by Gasteiger charge is -2.47. The van der Waals surface area contributed by atoms with E-state index in [1.54, 1.807) is 0 Å². The lowest BCUT2D eigenvalue weighted by Crippen LogP contribution is -2.56. The van der Waals surface area contributed by atoms with Gasteiger partial charge in [0, 0.05) is 11.6 Å². The number of rotatable bonds is 4. The summed E-state index contributed by atoms with van der Waals surface area (Å²) in [7, 11) is 0. The van der Waals surface area contributed by atoms with Gasteiger partial charge in [-0.25, -0.2) is 0 Å². The molecule has 1 heterocycles. The summed E-state index contributed by atoms with van der Waals surface area (Å²) < 4.78 is 0. The molecule has 1 N–H and O–H groups in total. The Morgan fingerprint density at radius 2 is 2.00 bits per heavy atom. The van der Waals surface area contributed by atoms with Gasteiger partial charge in [0.25, 0.3) is 0 Å². The summed E-state index contributed by atoms with van der Waals surface area (Å²) in [6.07, 6.45) is 6.71. The Labute approximate surface area is 96.0 Å². The number of piperidine rings is 1. The molecule has 15 heavy (non-hydrogen) atoms. The van der Waals surface area contributed by atoms with Crippen molar-refractivity contribution in [2.24, 2.45) is 11.8 Å². The Bertz CT molecular complexity index is 178. The molecule has 0 spiro atoms. The van der Waals surface area contributed by atoms with Gasteiger partial charge in [0.15, 0.2) is 0 Å². The highest BCUT2D eigenvalue weighted by molar-refractivity contribution is 4.96. The van der Waals surface area contributed by atoms with Gasteiger partial charge in [0.1, 0.15) is 0 Å². The summed E-state index contributed by atoms with van der Waals surface area (Å²) >= 11 is 0. The molecule has 0 aliphatic carbocycles. The maximum absolute atomic E-state index is 3.86. The van der Waals surface area contributed by atoms with Crippen molar-refractivity contribution in [2.45, 2.75) is 78.3 Å². The van der Waals surface area contributed by atoms with Crippen molar-refractivity contribution >= 4 is 0 Å². The van der Waals surface area contributed by atoms with Crippen molar-refractivity contribution < 1.29 is 0 Å². The summed E-state index contributed by atoms with van der Waals surface area (Å²) in [5.74, 6) is 1.74. The summed E-state index contributed by atoms with van der Waals surface area (Å²) in [6.45, 7) is 11.8. The number of nitrogens with one attached hydrogen (secondary N) is 1. The minimum Gasteiger partial charge on any atom is -0.309 e. The molecular formula is C14H29N. The fourth-order valence-corrected chi connectivity index (χ4v) is 3.70. The van der Waals surface area contributed by atoms with Crippen LogP contribution in [0.1, 0.15) is 66.7 Å². The zero-order valence-corrected chi connectivity index (χ0v) is 11.3. The van der Waals surface area contributed by atoms with Gasteiger partial charge in [-0.1, -0.05) is 33.6 Å². The van der Waals surface area contributed by atoms with Crippen LogP contribution in [0, 0.1) is 11.8 Å². The van der Waals surface area contributed by atoms with Gasteiger partial charge in [-0.3, -0.25) is 0 Å². The topological polar surface area (TPSA) is 12.0 Å². The molecule has 0 aromatic rings. The molecule has 1 fully saturated rings. The van der Waals surface area contributed by atoms with Crippen molar-refractivity contribution in [3.63, 3.8) is 0 Å². The molecule has 1 heteroatoms. The summed E-state index contributed by atoms with van der Waals surface area (Å²) in [6, 6.07) is 0.699. The molecule has 1 rings (SSSR count). The Hall–Kier alpha value is -0.0400. The first-order valence-corrected chi connectivity index (χ1v) is 6.79. The minimum atomic E-state index is 0.391. The van der Waals surface area contributed by atoms with Gasteiger partial charge < -0.3 is 5.32 Å². The summed E-state index contributed by atoms with van der Waals surface area (Å²) in [5, 5.41) is 3.86. The number of hydrogen-bond donors (Lipinski definition) is 1. The molecule has 90 valence electrons. The second-order valence-corrected chi connectivity index (χ2v) is 5.90. The Morgan fingerprint density at radius 3 is 2.47 bits per heavy atom. The van der Waals surface area contributed by atoms with Gasteiger partial charge in [-0.05, 0) is 44.9 Å². The predicted molar refractivity (Wildman–Crippen MR) is 68.1 cm³/mol. The predicted octanol–water partition coefficient (Wildman–Crippen LogP) is 3.98. The molecule has 1 nitrogen and oxygen atoms in total. The van der Waals surface area contributed by atoms with Gasteiger partial charge in [0.2, 0.25) is 0 Å². The molecule has 1 aliphatic rings. The van der Waals surface area contributed by atoms with Crippen LogP contribution in [0.4, 0.5) is 0 Å². The van der Waals surface area contributed by atoms with Crippen LogP contribution in [-0.4, -0.2) is 11.6 Å². The zero-order chi connectivity index (χ0) is 11.5. The Morgan fingerprint density at radius 1 is 1.33 bits per heavy atom. The second kappa shape index (κ2) is 5.34. The molecule has 4 unspecified atom stereocenters. The van der Waals surface area contributed by atoms with E-state index in [1.807, 2.05) is 0 Å². The summed E-state index contributed by atoms with van der Waals surface area (Å²) in [5.41, 5.74) is 0.391. The molecule has 0 bridgehead atoms. The second-order valence-electron chi connectivity index (χ2n) is 5.90. The molecular weight excluding hydrogens is 182 g/mol. The molecule has 0 amide bonds. The van der Waals surface area contributed by atoms with E-state index in [1.165, 1.54) is 32.1 Å². The van der Waals surface area contributed by atoms with E-state index in [9.17, 15) is 0 Å². The standard InChI is InChI=1S/C14H29N/c1-6-8-13(7-2)14(5)10-11(3)9-12(4)15-14/h11-13,15H,6-10H2,1-5H3. The lowest BCUT2D eigenvalue weighted by molar-refractivity contribution is 0.109. The van der Waals surface area contributed by atoms with Crippen LogP contribution in [0.15, 0.2) is 0 Å². The first kappa shape index (κ1) is 13.0. The van der Waals surface area contributed by atoms with E-state index >= 15 is 0 Å². The van der Waals surface area contributed by atoms with Crippen molar-refractivity contribution in [3.8, 4) is 0 Å². The SMILES string of the molecule is CCCC(CC)C1(C)CC(C)CC(C)N1. The average molecular weight is 211 g/mol. The highest BCUT2D eigenvalue weighted by Gasteiger charge is 2.38. The molecule has 0 saturated carbocycles. The Balaban J connectivity index is 2.69. The highest BCUT2D eigenvalue weighted by atomic mass is 15.0. The van der Waals surface area contributed by atoms with Gasteiger partial charge >= 0.3 is 0 Å². The van der Waals surface area contributed by atoms with E-state index in [0.717, 1.165) is 11.8 Å². The lowest BCUT2D eigenvalue weighted by atomic mass is 9.71. The maximum Gasteiger partial charge on any atom is 0.0186 e. The molecule has 0 aromatic heterocycles. The largest absolute Gasteiger partial charge is 0.309 e. The van der Waals surface area contributed by atoms with Crippen LogP contribution in [0.2, 0.25) is 0 Å². The van der Waals surface area contributed by atoms with Crippen molar-refractivity contribution in [1.29, 1.82) is 0 Å². The molecule has 1 saturated heterocycles. The Kier molecular flexibility index (Phi) is 4.64. The first-order valence-electron chi connectivity index (χ1n) is 6.79. The zero-order valence-electron chi connectivity index (χ0n) is 11.3. The number of hydrogen-bond acceptors (Lipinski definition) is 1. The van der Waals surface area contributed by atoms with Crippen LogP contribution >= 0.6 is 0 Å². The summed E-state index contributed by atoms with van der Waals surface area (Å²) in [4.78, 5) is 0. The van der Waals surface area contributed by atoms with Crippen LogP contribution < -0.4 is 5.32 Å². The van der Waals surface area contributed by atoms with Crippen molar-refractivity contribution in [3.05, 3.63) is 0 Å². The third-order valence-corrected chi connectivity index (χ3v) is 4.14. The minimum absolute atomic E-state index is 0.391. The quantitative estimate of drug-likeness (QED) is 0.741. The normalized spacial score (nSPS) is 39.0. The van der Waals surface area contributed by atoms with Gasteiger partial charge in [0.05, 0.1) is 0 Å². The molecule has 0 aromatic carbocycles. The smallest absolute Gasteiger partial charge is 0.0186 e. The first-order chi connectivity index (χ1) is 7.01. The molecule has 1 aliphatic heterocycles. The van der Waals surface area contributed by atoms with E-state index in [4.69, 9.17) is 0 Å². The van der Waals surface area contributed by atoms with Gasteiger partial charge in [-0.2, -0.15) is 0 Å². The molecule has 0 radical (unpaired) electrons. The van der Waals surface area contributed by atoms with Gasteiger partial charge in [-0.15, -0.1) is 0 Å². The van der Waals surface area contributed by atoms with Crippen molar-refractivity contribution in [2.75, 3.05) is 0 Å². The average Bonchev–Trinajstić information content (AvgIpc) is 2.11. The van der Waals surface area contributed by atoms with Crippen LogP contribution in [0.25, 0.3) is 0 Å². The third-order valence-electron chi connectivity index (χ3n) is 4.14. The van der Waals surface area contributed by atoms with Crippen molar-refractivity contribution in [1.82, 2.24) is 5.32 Å². The van der Waals surface area contributed by atoms with Crippen LogP contribution in [-0.2, 0) is 0 Å². The van der Waals surface area contributed by atoms with E-state index in [2.05, 4.69) is 39.9 Å². The monoisotopic (exact) mass is 211 g/mol. The fraction of sp³-hybridized carbons (Fsp3) is 1.00. The maximum atomic E-state index is 3.86. The molecule has 4 atom stereocenters. The fourth-order valence-electron chi connectivity index (χ4n) is 3.70. The van der Waals surface area contributed by atoms with Crippen LogP contribution in [0.3, 0.4) is 0 Å².